The Bertz CT molecular complexity index is 967. The smallest absolute Gasteiger partial charge is 0.344 e. The maximum Gasteiger partial charge on any atom is 0.344 e. The second kappa shape index (κ2) is 9.14. The van der Waals surface area contributed by atoms with Gasteiger partial charge in [0.05, 0.1) is 5.69 Å². The summed E-state index contributed by atoms with van der Waals surface area (Å²) >= 11 is 1.31. The molecule has 0 aliphatic carbocycles. The van der Waals surface area contributed by atoms with E-state index in [4.69, 9.17) is 9.47 Å². The molecule has 7 heteroatoms. The molecule has 3 rings (SSSR count). The number of nitrogens with zero attached hydrogens (tertiary/aromatic N) is 1. The lowest BCUT2D eigenvalue weighted by Crippen LogP contribution is -2.23. The molecule has 0 spiro atoms. The number of aryl methyl sites for hydroxylation is 2. The fourth-order valence-corrected chi connectivity index (χ4v) is 3.11. The van der Waals surface area contributed by atoms with E-state index in [1.54, 1.807) is 6.07 Å². The van der Waals surface area contributed by atoms with Crippen LogP contribution in [0.1, 0.15) is 11.1 Å². The van der Waals surface area contributed by atoms with Crippen LogP contribution >= 0.6 is 11.3 Å². The SMILES string of the molecule is Cc1ccc(-c2csc(NC(=O)COC(=O)COc3cccc(C)c3)n2)cc1. The minimum atomic E-state index is -0.615. The van der Waals surface area contributed by atoms with Crippen molar-refractivity contribution in [3.05, 3.63) is 65.0 Å². The number of esters is 1. The molecule has 1 N–H and O–H groups in total. The van der Waals surface area contributed by atoms with Crippen molar-refractivity contribution in [1.29, 1.82) is 0 Å². The van der Waals surface area contributed by atoms with E-state index in [2.05, 4.69) is 10.3 Å². The van der Waals surface area contributed by atoms with Gasteiger partial charge in [-0.05, 0) is 31.5 Å². The minimum absolute atomic E-state index is 0.258. The molecule has 0 aliphatic rings. The zero-order valence-electron chi connectivity index (χ0n) is 15.6. The first kappa shape index (κ1) is 19.6. The van der Waals surface area contributed by atoms with Gasteiger partial charge in [0.2, 0.25) is 0 Å². The lowest BCUT2D eigenvalue weighted by Gasteiger charge is -2.07. The van der Waals surface area contributed by atoms with E-state index >= 15 is 0 Å². The third-order valence-corrected chi connectivity index (χ3v) is 4.57. The van der Waals surface area contributed by atoms with E-state index in [0.29, 0.717) is 10.9 Å². The van der Waals surface area contributed by atoms with Crippen LogP contribution < -0.4 is 10.1 Å². The summed E-state index contributed by atoms with van der Waals surface area (Å²) in [6.45, 7) is 3.29. The van der Waals surface area contributed by atoms with Gasteiger partial charge in [-0.3, -0.25) is 10.1 Å². The number of hydrogen-bond donors (Lipinski definition) is 1. The molecule has 2 aromatic carbocycles. The van der Waals surface area contributed by atoms with E-state index in [1.165, 1.54) is 16.9 Å². The summed E-state index contributed by atoms with van der Waals surface area (Å²) in [6, 6.07) is 15.3. The Morgan fingerprint density at radius 2 is 1.82 bits per heavy atom. The first-order valence-electron chi connectivity index (χ1n) is 8.67. The Morgan fingerprint density at radius 1 is 1.04 bits per heavy atom. The van der Waals surface area contributed by atoms with Crippen molar-refractivity contribution in [2.45, 2.75) is 13.8 Å². The van der Waals surface area contributed by atoms with Gasteiger partial charge in [-0.25, -0.2) is 9.78 Å². The van der Waals surface area contributed by atoms with Crippen LogP contribution in [0.5, 0.6) is 5.75 Å². The van der Waals surface area contributed by atoms with Crippen LogP contribution in [0, 0.1) is 13.8 Å². The summed E-state index contributed by atoms with van der Waals surface area (Å²) in [5.41, 5.74) is 3.95. The van der Waals surface area contributed by atoms with Gasteiger partial charge in [-0.2, -0.15) is 0 Å². The molecule has 0 atom stereocenters. The number of rotatable bonds is 7. The molecule has 0 aliphatic heterocycles. The quantitative estimate of drug-likeness (QED) is 0.611. The fraction of sp³-hybridized carbons (Fsp3) is 0.190. The third kappa shape index (κ3) is 5.65. The van der Waals surface area contributed by atoms with Gasteiger partial charge in [-0.15, -0.1) is 11.3 Å². The van der Waals surface area contributed by atoms with Crippen molar-refractivity contribution >= 4 is 28.3 Å². The van der Waals surface area contributed by atoms with Gasteiger partial charge in [-0.1, -0.05) is 42.0 Å². The van der Waals surface area contributed by atoms with Gasteiger partial charge in [0.15, 0.2) is 18.3 Å². The molecule has 1 aromatic heterocycles. The summed E-state index contributed by atoms with van der Waals surface area (Å²) in [7, 11) is 0. The number of ether oxygens (including phenoxy) is 2. The van der Waals surface area contributed by atoms with Gasteiger partial charge in [0.25, 0.3) is 5.91 Å². The maximum atomic E-state index is 12.0. The Labute approximate surface area is 167 Å². The Morgan fingerprint density at radius 3 is 2.57 bits per heavy atom. The standard InChI is InChI=1S/C21H20N2O4S/c1-14-6-8-16(9-7-14)18-13-28-21(22-18)23-19(24)11-27-20(25)12-26-17-5-3-4-15(2)10-17/h3-10,13H,11-12H2,1-2H3,(H,22,23,24). The fourth-order valence-electron chi connectivity index (χ4n) is 2.38. The molecule has 28 heavy (non-hydrogen) atoms. The number of benzene rings is 2. The summed E-state index contributed by atoms with van der Waals surface area (Å²) in [5.74, 6) is -0.488. The number of carbonyl (C=O) groups is 2. The summed E-state index contributed by atoms with van der Waals surface area (Å²) < 4.78 is 10.3. The number of aromatic nitrogens is 1. The summed E-state index contributed by atoms with van der Waals surface area (Å²) in [5, 5.41) is 4.95. The molecular formula is C21H20N2O4S. The van der Waals surface area contributed by atoms with Crippen molar-refractivity contribution in [2.75, 3.05) is 18.5 Å². The monoisotopic (exact) mass is 396 g/mol. The molecule has 0 fully saturated rings. The van der Waals surface area contributed by atoms with E-state index in [0.717, 1.165) is 16.8 Å². The molecule has 0 radical (unpaired) electrons. The second-order valence-corrected chi connectivity index (χ2v) is 7.08. The molecule has 0 saturated heterocycles. The first-order valence-corrected chi connectivity index (χ1v) is 9.55. The van der Waals surface area contributed by atoms with Crippen molar-refractivity contribution in [2.24, 2.45) is 0 Å². The zero-order valence-corrected chi connectivity index (χ0v) is 16.4. The van der Waals surface area contributed by atoms with E-state index in [1.807, 2.05) is 61.7 Å². The van der Waals surface area contributed by atoms with Gasteiger partial charge >= 0.3 is 5.97 Å². The first-order chi connectivity index (χ1) is 13.5. The van der Waals surface area contributed by atoms with Crippen LogP contribution in [0.25, 0.3) is 11.3 Å². The molecule has 144 valence electrons. The van der Waals surface area contributed by atoms with Gasteiger partial charge in [0.1, 0.15) is 5.75 Å². The van der Waals surface area contributed by atoms with Crippen molar-refractivity contribution in [1.82, 2.24) is 4.98 Å². The largest absolute Gasteiger partial charge is 0.482 e. The normalized spacial score (nSPS) is 10.4. The molecule has 3 aromatic rings. The number of thiazole rings is 1. The average Bonchev–Trinajstić information content (AvgIpc) is 3.14. The lowest BCUT2D eigenvalue weighted by atomic mass is 10.1. The van der Waals surface area contributed by atoms with E-state index in [9.17, 15) is 9.59 Å². The molecule has 0 bridgehead atoms. The number of amides is 1. The summed E-state index contributed by atoms with van der Waals surface area (Å²) in [6.07, 6.45) is 0. The molecule has 1 heterocycles. The van der Waals surface area contributed by atoms with Crippen LogP contribution in [0.2, 0.25) is 0 Å². The van der Waals surface area contributed by atoms with Crippen LogP contribution in [0.4, 0.5) is 5.13 Å². The van der Waals surface area contributed by atoms with Crippen molar-refractivity contribution in [3.8, 4) is 17.0 Å². The number of hydrogen-bond acceptors (Lipinski definition) is 6. The highest BCUT2D eigenvalue weighted by atomic mass is 32.1. The lowest BCUT2D eigenvalue weighted by molar-refractivity contribution is -0.149. The van der Waals surface area contributed by atoms with E-state index in [-0.39, 0.29) is 6.61 Å². The van der Waals surface area contributed by atoms with Crippen LogP contribution in [0.15, 0.2) is 53.9 Å². The number of anilines is 1. The van der Waals surface area contributed by atoms with Crippen LogP contribution in [-0.4, -0.2) is 30.1 Å². The zero-order chi connectivity index (χ0) is 19.9. The summed E-state index contributed by atoms with van der Waals surface area (Å²) in [4.78, 5) is 28.1. The van der Waals surface area contributed by atoms with Crippen molar-refractivity contribution in [3.63, 3.8) is 0 Å². The highest BCUT2D eigenvalue weighted by molar-refractivity contribution is 7.14. The highest BCUT2D eigenvalue weighted by Gasteiger charge is 2.11. The highest BCUT2D eigenvalue weighted by Crippen LogP contribution is 2.25. The minimum Gasteiger partial charge on any atom is -0.482 e. The number of nitrogens with one attached hydrogen (secondary N) is 1. The molecule has 6 nitrogen and oxygen atoms in total. The van der Waals surface area contributed by atoms with E-state index < -0.39 is 18.5 Å². The third-order valence-electron chi connectivity index (χ3n) is 3.81. The van der Waals surface area contributed by atoms with Crippen molar-refractivity contribution < 1.29 is 19.1 Å². The molecule has 0 saturated carbocycles. The Hall–Kier alpha value is -3.19. The second-order valence-electron chi connectivity index (χ2n) is 6.22. The molecule has 1 amide bonds. The Kier molecular flexibility index (Phi) is 6.39. The topological polar surface area (TPSA) is 77.5 Å². The predicted molar refractivity (Wildman–Crippen MR) is 109 cm³/mol. The van der Waals surface area contributed by atoms with Gasteiger partial charge in [0, 0.05) is 10.9 Å². The maximum absolute atomic E-state index is 12.0. The van der Waals surface area contributed by atoms with Crippen LogP contribution in [0.3, 0.4) is 0 Å². The number of carbonyl (C=O) groups excluding carboxylic acids is 2. The molecule has 0 unspecified atom stereocenters. The van der Waals surface area contributed by atoms with Gasteiger partial charge < -0.3 is 9.47 Å². The Balaban J connectivity index is 1.44. The van der Waals surface area contributed by atoms with Crippen LogP contribution in [-0.2, 0) is 14.3 Å². The average molecular weight is 396 g/mol. The predicted octanol–water partition coefficient (Wildman–Crippen LogP) is 3.99. The molecular weight excluding hydrogens is 376 g/mol.